The molecule has 2 rings (SSSR count). The number of carbonyl (C=O) groups is 1. The molecule has 1 fully saturated rings. The second-order valence-electron chi connectivity index (χ2n) is 6.64. The normalized spacial score (nSPS) is 20.2. The Balaban J connectivity index is 1.93. The number of carbonyl (C=O) groups excluding carboxylic acids is 1. The molecule has 1 unspecified atom stereocenters. The lowest BCUT2D eigenvalue weighted by molar-refractivity contribution is -0.132. The van der Waals surface area contributed by atoms with Crippen molar-refractivity contribution in [1.29, 1.82) is 0 Å². The van der Waals surface area contributed by atoms with Gasteiger partial charge in [-0.1, -0.05) is 44.2 Å². The van der Waals surface area contributed by atoms with Gasteiger partial charge in [-0.25, -0.2) is 0 Å². The zero-order chi connectivity index (χ0) is 14.6. The van der Waals surface area contributed by atoms with Crippen LogP contribution in [-0.2, 0) is 11.2 Å². The summed E-state index contributed by atoms with van der Waals surface area (Å²) in [6.07, 6.45) is 3.96. The highest BCUT2D eigenvalue weighted by molar-refractivity contribution is 5.82. The van der Waals surface area contributed by atoms with Crippen molar-refractivity contribution >= 4 is 5.91 Å². The number of hydrogen-bond acceptors (Lipinski definition) is 2. The first kappa shape index (κ1) is 15.0. The zero-order valence-corrected chi connectivity index (χ0v) is 12.6. The lowest BCUT2D eigenvalue weighted by atomic mass is 9.85. The summed E-state index contributed by atoms with van der Waals surface area (Å²) in [7, 11) is 0. The first-order valence-electron chi connectivity index (χ1n) is 7.56. The molecule has 1 amide bonds. The zero-order valence-electron chi connectivity index (χ0n) is 12.6. The molecule has 1 aliphatic heterocycles. The molecule has 0 radical (unpaired) electrons. The Morgan fingerprint density at radius 3 is 2.65 bits per heavy atom. The van der Waals surface area contributed by atoms with E-state index in [2.05, 4.69) is 13.8 Å². The van der Waals surface area contributed by atoms with E-state index in [4.69, 9.17) is 5.73 Å². The van der Waals surface area contributed by atoms with Gasteiger partial charge in [0.05, 0.1) is 6.04 Å². The molecule has 20 heavy (non-hydrogen) atoms. The van der Waals surface area contributed by atoms with Gasteiger partial charge in [0.2, 0.25) is 5.91 Å². The topological polar surface area (TPSA) is 46.3 Å². The predicted octanol–water partition coefficient (Wildman–Crippen LogP) is 2.60. The van der Waals surface area contributed by atoms with Gasteiger partial charge in [0.1, 0.15) is 0 Å². The Hall–Kier alpha value is -1.35. The first-order chi connectivity index (χ1) is 9.48. The third-order valence-corrected chi connectivity index (χ3v) is 4.27. The fourth-order valence-electron chi connectivity index (χ4n) is 2.83. The van der Waals surface area contributed by atoms with E-state index in [1.165, 1.54) is 6.42 Å². The van der Waals surface area contributed by atoms with Gasteiger partial charge in [0, 0.05) is 13.1 Å². The van der Waals surface area contributed by atoms with Crippen molar-refractivity contribution in [2.24, 2.45) is 11.1 Å². The highest BCUT2D eigenvalue weighted by Gasteiger charge is 2.27. The maximum Gasteiger partial charge on any atom is 0.239 e. The van der Waals surface area contributed by atoms with E-state index in [9.17, 15) is 4.79 Å². The Morgan fingerprint density at radius 2 is 1.95 bits per heavy atom. The largest absolute Gasteiger partial charge is 0.341 e. The summed E-state index contributed by atoms with van der Waals surface area (Å²) >= 11 is 0. The summed E-state index contributed by atoms with van der Waals surface area (Å²) in [6.45, 7) is 6.26. The fourth-order valence-corrected chi connectivity index (χ4v) is 2.83. The summed E-state index contributed by atoms with van der Waals surface area (Å²) in [5, 5.41) is 0. The number of benzene rings is 1. The molecule has 1 aromatic carbocycles. The third kappa shape index (κ3) is 4.07. The molecule has 110 valence electrons. The van der Waals surface area contributed by atoms with Gasteiger partial charge in [-0.3, -0.25) is 4.79 Å². The molecule has 1 atom stereocenters. The Bertz CT molecular complexity index is 442. The average Bonchev–Trinajstić information content (AvgIpc) is 2.60. The molecule has 0 saturated carbocycles. The summed E-state index contributed by atoms with van der Waals surface area (Å²) in [6, 6.07) is 9.59. The maximum absolute atomic E-state index is 12.5. The van der Waals surface area contributed by atoms with E-state index in [1.807, 2.05) is 35.2 Å². The van der Waals surface area contributed by atoms with Crippen LogP contribution in [0.5, 0.6) is 0 Å². The number of rotatable bonds is 3. The monoisotopic (exact) mass is 274 g/mol. The van der Waals surface area contributed by atoms with E-state index < -0.39 is 6.04 Å². The molecular formula is C17H26N2O. The summed E-state index contributed by atoms with van der Waals surface area (Å²) in [4.78, 5) is 14.4. The van der Waals surface area contributed by atoms with Gasteiger partial charge in [-0.15, -0.1) is 0 Å². The predicted molar refractivity (Wildman–Crippen MR) is 82.3 cm³/mol. The molecular weight excluding hydrogens is 248 g/mol. The van der Waals surface area contributed by atoms with Crippen LogP contribution in [0.15, 0.2) is 30.3 Å². The van der Waals surface area contributed by atoms with Crippen LogP contribution in [0.4, 0.5) is 0 Å². The highest BCUT2D eigenvalue weighted by Crippen LogP contribution is 2.29. The molecule has 1 aliphatic rings. The van der Waals surface area contributed by atoms with Gasteiger partial charge in [-0.2, -0.15) is 0 Å². The van der Waals surface area contributed by atoms with Crippen molar-refractivity contribution < 1.29 is 4.79 Å². The van der Waals surface area contributed by atoms with Gasteiger partial charge >= 0.3 is 0 Å². The van der Waals surface area contributed by atoms with E-state index in [0.29, 0.717) is 11.8 Å². The highest BCUT2D eigenvalue weighted by atomic mass is 16.2. The van der Waals surface area contributed by atoms with E-state index in [-0.39, 0.29) is 5.91 Å². The Morgan fingerprint density at radius 1 is 1.25 bits per heavy atom. The minimum Gasteiger partial charge on any atom is -0.341 e. The third-order valence-electron chi connectivity index (χ3n) is 4.27. The van der Waals surface area contributed by atoms with Crippen LogP contribution in [-0.4, -0.2) is 29.9 Å². The standard InChI is InChI=1S/C17H26N2O/c1-17(2)9-6-11-19(12-10-17)16(20)15(18)13-14-7-4-3-5-8-14/h3-5,7-8,15H,6,9-13,18H2,1-2H3. The molecule has 1 saturated heterocycles. The fraction of sp³-hybridized carbons (Fsp3) is 0.588. The van der Waals surface area contributed by atoms with Crippen LogP contribution < -0.4 is 5.73 Å². The number of hydrogen-bond donors (Lipinski definition) is 1. The van der Waals surface area contributed by atoms with Crippen LogP contribution in [0.25, 0.3) is 0 Å². The van der Waals surface area contributed by atoms with Crippen molar-refractivity contribution in [3.63, 3.8) is 0 Å². The second-order valence-corrected chi connectivity index (χ2v) is 6.64. The van der Waals surface area contributed by atoms with Crippen LogP contribution in [0.2, 0.25) is 0 Å². The van der Waals surface area contributed by atoms with Gasteiger partial charge < -0.3 is 10.6 Å². The molecule has 3 nitrogen and oxygen atoms in total. The lowest BCUT2D eigenvalue weighted by Gasteiger charge is -2.25. The van der Waals surface area contributed by atoms with Crippen LogP contribution in [0, 0.1) is 5.41 Å². The SMILES string of the molecule is CC1(C)CCCN(C(=O)C(N)Cc2ccccc2)CC1. The van der Waals surface area contributed by atoms with Crippen molar-refractivity contribution in [3.05, 3.63) is 35.9 Å². The summed E-state index contributed by atoms with van der Waals surface area (Å²) in [5.41, 5.74) is 7.58. The minimum atomic E-state index is -0.418. The molecule has 0 aliphatic carbocycles. The molecule has 1 aromatic rings. The van der Waals surface area contributed by atoms with E-state index in [1.54, 1.807) is 0 Å². The number of likely N-dealkylation sites (tertiary alicyclic amines) is 1. The Kier molecular flexibility index (Phi) is 4.81. The molecule has 3 heteroatoms. The maximum atomic E-state index is 12.5. The molecule has 2 N–H and O–H groups in total. The quantitative estimate of drug-likeness (QED) is 0.921. The first-order valence-corrected chi connectivity index (χ1v) is 7.56. The molecule has 0 bridgehead atoms. The summed E-state index contributed by atoms with van der Waals surface area (Å²) in [5.74, 6) is 0.103. The molecule has 0 spiro atoms. The van der Waals surface area contributed by atoms with Crippen LogP contribution in [0.1, 0.15) is 38.7 Å². The number of nitrogens with two attached hydrogens (primary N) is 1. The Labute approximate surface area is 122 Å². The number of amides is 1. The van der Waals surface area contributed by atoms with E-state index in [0.717, 1.165) is 31.5 Å². The molecule has 1 heterocycles. The van der Waals surface area contributed by atoms with Crippen molar-refractivity contribution in [2.45, 2.75) is 45.6 Å². The van der Waals surface area contributed by atoms with Crippen molar-refractivity contribution in [1.82, 2.24) is 4.90 Å². The van der Waals surface area contributed by atoms with Crippen LogP contribution >= 0.6 is 0 Å². The smallest absolute Gasteiger partial charge is 0.239 e. The van der Waals surface area contributed by atoms with Gasteiger partial charge in [0.25, 0.3) is 0 Å². The van der Waals surface area contributed by atoms with Crippen molar-refractivity contribution in [2.75, 3.05) is 13.1 Å². The molecule has 0 aromatic heterocycles. The summed E-state index contributed by atoms with van der Waals surface area (Å²) < 4.78 is 0. The lowest BCUT2D eigenvalue weighted by Crippen LogP contribution is -2.45. The average molecular weight is 274 g/mol. The van der Waals surface area contributed by atoms with Crippen LogP contribution in [0.3, 0.4) is 0 Å². The van der Waals surface area contributed by atoms with E-state index >= 15 is 0 Å². The van der Waals surface area contributed by atoms with Gasteiger partial charge in [-0.05, 0) is 36.7 Å². The van der Waals surface area contributed by atoms with Crippen molar-refractivity contribution in [3.8, 4) is 0 Å². The van der Waals surface area contributed by atoms with Gasteiger partial charge in [0.15, 0.2) is 0 Å². The second kappa shape index (κ2) is 6.40. The number of nitrogens with zero attached hydrogens (tertiary/aromatic N) is 1. The minimum absolute atomic E-state index is 0.103.